The Morgan fingerprint density at radius 3 is 2.36 bits per heavy atom. The molecule has 0 heterocycles. The zero-order valence-corrected chi connectivity index (χ0v) is 14.0. The number of amides is 1. The van der Waals surface area contributed by atoms with Crippen LogP contribution in [0.15, 0.2) is 36.4 Å². The molecule has 8 heteroatoms. The molecule has 0 spiro atoms. The van der Waals surface area contributed by atoms with E-state index in [-0.39, 0.29) is 29.3 Å². The van der Waals surface area contributed by atoms with E-state index >= 15 is 0 Å². The van der Waals surface area contributed by atoms with Gasteiger partial charge in [-0.3, -0.25) is 14.9 Å². The predicted molar refractivity (Wildman–Crippen MR) is 88.4 cm³/mol. The van der Waals surface area contributed by atoms with Gasteiger partial charge in [0.15, 0.2) is 17.3 Å². The van der Waals surface area contributed by atoms with E-state index in [0.29, 0.717) is 5.56 Å². The second-order valence-corrected chi connectivity index (χ2v) is 5.27. The van der Waals surface area contributed by atoms with E-state index in [0.717, 1.165) is 6.07 Å². The number of carbonyl (C=O) groups is 1. The van der Waals surface area contributed by atoms with E-state index in [9.17, 15) is 19.3 Å². The summed E-state index contributed by atoms with van der Waals surface area (Å²) in [7, 11) is 4.21. The maximum absolute atomic E-state index is 13.7. The van der Waals surface area contributed by atoms with Crippen LogP contribution >= 0.6 is 0 Å². The number of benzene rings is 2. The first kappa shape index (κ1) is 18.2. The minimum atomic E-state index is -0.617. The normalized spacial score (nSPS) is 10.2. The van der Waals surface area contributed by atoms with Crippen LogP contribution in [0.1, 0.15) is 15.9 Å². The van der Waals surface area contributed by atoms with E-state index in [1.165, 1.54) is 50.4 Å². The third-order valence-corrected chi connectivity index (χ3v) is 3.61. The van der Waals surface area contributed by atoms with Gasteiger partial charge in [0.05, 0.1) is 19.1 Å². The lowest BCUT2D eigenvalue weighted by Crippen LogP contribution is -2.26. The second kappa shape index (κ2) is 7.61. The van der Waals surface area contributed by atoms with Gasteiger partial charge in [-0.15, -0.1) is 0 Å². The van der Waals surface area contributed by atoms with E-state index in [1.807, 2.05) is 0 Å². The standard InChI is InChI=1S/C17H17FN2O5/c1-19(10-11-4-6-15(24-2)13(18)8-11)17(21)12-5-7-16(25-3)14(9-12)20(22)23/h4-9H,10H2,1-3H3. The average molecular weight is 348 g/mol. The number of ether oxygens (including phenoxy) is 2. The molecule has 0 fully saturated rings. The molecule has 25 heavy (non-hydrogen) atoms. The summed E-state index contributed by atoms with van der Waals surface area (Å²) >= 11 is 0. The first-order chi connectivity index (χ1) is 11.9. The fourth-order valence-electron chi connectivity index (χ4n) is 2.34. The minimum Gasteiger partial charge on any atom is -0.494 e. The number of methoxy groups -OCH3 is 2. The first-order valence-electron chi connectivity index (χ1n) is 7.27. The fraction of sp³-hybridized carbons (Fsp3) is 0.235. The number of nitro benzene ring substituents is 1. The second-order valence-electron chi connectivity index (χ2n) is 5.27. The summed E-state index contributed by atoms with van der Waals surface area (Å²) in [6.07, 6.45) is 0. The molecule has 0 radical (unpaired) electrons. The molecule has 0 saturated heterocycles. The van der Waals surface area contributed by atoms with Crippen LogP contribution in [0.2, 0.25) is 0 Å². The Balaban J connectivity index is 2.21. The highest BCUT2D eigenvalue weighted by atomic mass is 19.1. The molecule has 132 valence electrons. The molecule has 0 saturated carbocycles. The third-order valence-electron chi connectivity index (χ3n) is 3.61. The van der Waals surface area contributed by atoms with Crippen LogP contribution in [0.4, 0.5) is 10.1 Å². The van der Waals surface area contributed by atoms with Gasteiger partial charge in [-0.25, -0.2) is 4.39 Å². The number of nitro groups is 1. The molecule has 0 unspecified atom stereocenters. The van der Waals surface area contributed by atoms with Crippen molar-refractivity contribution in [1.82, 2.24) is 4.90 Å². The molecule has 0 aliphatic carbocycles. The average Bonchev–Trinajstić information content (AvgIpc) is 2.60. The lowest BCUT2D eigenvalue weighted by Gasteiger charge is -2.18. The van der Waals surface area contributed by atoms with Crippen molar-refractivity contribution in [1.29, 1.82) is 0 Å². The van der Waals surface area contributed by atoms with Crippen molar-refractivity contribution in [2.45, 2.75) is 6.54 Å². The summed E-state index contributed by atoms with van der Waals surface area (Å²) in [4.78, 5) is 24.3. The number of nitrogens with zero attached hydrogens (tertiary/aromatic N) is 2. The number of halogens is 1. The molecule has 7 nitrogen and oxygen atoms in total. The number of hydrogen-bond donors (Lipinski definition) is 0. The van der Waals surface area contributed by atoms with Crippen molar-refractivity contribution in [2.75, 3.05) is 21.3 Å². The third kappa shape index (κ3) is 4.03. The van der Waals surface area contributed by atoms with Gasteiger partial charge in [-0.05, 0) is 29.8 Å². The first-order valence-corrected chi connectivity index (χ1v) is 7.27. The number of rotatable bonds is 6. The van der Waals surface area contributed by atoms with E-state index in [1.54, 1.807) is 6.07 Å². The minimum absolute atomic E-state index is 0.0708. The number of carbonyl (C=O) groups excluding carboxylic acids is 1. The van der Waals surface area contributed by atoms with Gasteiger partial charge >= 0.3 is 5.69 Å². The fourth-order valence-corrected chi connectivity index (χ4v) is 2.34. The Labute approximate surface area is 143 Å². The van der Waals surface area contributed by atoms with Crippen molar-refractivity contribution in [3.05, 3.63) is 63.5 Å². The van der Waals surface area contributed by atoms with E-state index in [2.05, 4.69) is 0 Å². The van der Waals surface area contributed by atoms with Crippen LogP contribution in [0.3, 0.4) is 0 Å². The van der Waals surface area contributed by atoms with E-state index < -0.39 is 16.6 Å². The van der Waals surface area contributed by atoms with Crippen LogP contribution in [0.5, 0.6) is 11.5 Å². The topological polar surface area (TPSA) is 81.9 Å². The smallest absolute Gasteiger partial charge is 0.311 e. The molecule has 2 aromatic carbocycles. The van der Waals surface area contributed by atoms with Gasteiger partial charge in [0.1, 0.15) is 0 Å². The van der Waals surface area contributed by atoms with Crippen LogP contribution < -0.4 is 9.47 Å². The largest absolute Gasteiger partial charge is 0.494 e. The van der Waals surface area contributed by atoms with E-state index in [4.69, 9.17) is 9.47 Å². The molecular formula is C17H17FN2O5. The van der Waals surface area contributed by atoms with Gasteiger partial charge in [-0.1, -0.05) is 6.07 Å². The molecule has 1 amide bonds. The quantitative estimate of drug-likeness (QED) is 0.592. The Morgan fingerprint density at radius 1 is 1.16 bits per heavy atom. The Bertz CT molecular complexity index is 810. The van der Waals surface area contributed by atoms with Crippen molar-refractivity contribution < 1.29 is 23.6 Å². The van der Waals surface area contributed by atoms with Crippen LogP contribution in [-0.4, -0.2) is 37.0 Å². The van der Waals surface area contributed by atoms with Crippen molar-refractivity contribution >= 4 is 11.6 Å². The van der Waals surface area contributed by atoms with Crippen LogP contribution in [-0.2, 0) is 6.54 Å². The molecule has 2 aromatic rings. The highest BCUT2D eigenvalue weighted by Crippen LogP contribution is 2.28. The molecule has 2 rings (SSSR count). The number of hydrogen-bond acceptors (Lipinski definition) is 5. The maximum Gasteiger partial charge on any atom is 0.311 e. The lowest BCUT2D eigenvalue weighted by atomic mass is 10.1. The van der Waals surface area contributed by atoms with Crippen molar-refractivity contribution in [3.8, 4) is 11.5 Å². The summed E-state index contributed by atoms with van der Waals surface area (Å²) in [6, 6.07) is 8.36. The molecule has 0 N–H and O–H groups in total. The van der Waals surface area contributed by atoms with Crippen LogP contribution in [0, 0.1) is 15.9 Å². The zero-order chi connectivity index (χ0) is 18.6. The molecule has 0 atom stereocenters. The van der Waals surface area contributed by atoms with Gasteiger partial charge in [-0.2, -0.15) is 0 Å². The monoisotopic (exact) mass is 348 g/mol. The predicted octanol–water partition coefficient (Wildman–Crippen LogP) is 3.02. The van der Waals surface area contributed by atoms with Gasteiger partial charge in [0, 0.05) is 25.2 Å². The summed E-state index contributed by atoms with van der Waals surface area (Å²) in [6.45, 7) is 0.138. The summed E-state index contributed by atoms with van der Waals surface area (Å²) in [5.41, 5.74) is 0.415. The SMILES string of the molecule is COc1ccc(CN(C)C(=O)c2ccc(OC)c([N+](=O)[O-])c2)cc1F. The Morgan fingerprint density at radius 2 is 1.80 bits per heavy atom. The van der Waals surface area contributed by atoms with Crippen LogP contribution in [0.25, 0.3) is 0 Å². The summed E-state index contributed by atoms with van der Waals surface area (Å²) in [5.74, 6) is -0.771. The summed E-state index contributed by atoms with van der Waals surface area (Å²) < 4.78 is 23.5. The lowest BCUT2D eigenvalue weighted by molar-refractivity contribution is -0.385. The Kier molecular flexibility index (Phi) is 5.53. The van der Waals surface area contributed by atoms with Gasteiger partial charge < -0.3 is 14.4 Å². The molecule has 0 aliphatic heterocycles. The van der Waals surface area contributed by atoms with Gasteiger partial charge in [0.2, 0.25) is 0 Å². The molecule has 0 aromatic heterocycles. The highest BCUT2D eigenvalue weighted by Gasteiger charge is 2.20. The maximum atomic E-state index is 13.7. The van der Waals surface area contributed by atoms with Crippen molar-refractivity contribution in [3.63, 3.8) is 0 Å². The highest BCUT2D eigenvalue weighted by molar-refractivity contribution is 5.95. The molecule has 0 aliphatic rings. The van der Waals surface area contributed by atoms with Gasteiger partial charge in [0.25, 0.3) is 5.91 Å². The zero-order valence-electron chi connectivity index (χ0n) is 14.0. The molecular weight excluding hydrogens is 331 g/mol. The molecule has 0 bridgehead atoms. The Hall–Kier alpha value is -3.16. The van der Waals surface area contributed by atoms with Crippen molar-refractivity contribution in [2.24, 2.45) is 0 Å². The summed E-state index contributed by atoms with van der Waals surface area (Å²) in [5, 5.41) is 11.1.